The number of aromatic nitrogens is 1. The van der Waals surface area contributed by atoms with Crippen molar-refractivity contribution < 1.29 is 4.74 Å². The fraction of sp³-hybridized carbons (Fsp3) is 0.615. The van der Waals surface area contributed by atoms with E-state index in [1.807, 2.05) is 12.3 Å². The van der Waals surface area contributed by atoms with Crippen molar-refractivity contribution in [3.8, 4) is 0 Å². The summed E-state index contributed by atoms with van der Waals surface area (Å²) in [5, 5.41) is 3.32. The van der Waals surface area contributed by atoms with Gasteiger partial charge >= 0.3 is 0 Å². The Morgan fingerprint density at radius 1 is 1.53 bits per heavy atom. The number of rotatable bonds is 7. The van der Waals surface area contributed by atoms with E-state index in [1.165, 1.54) is 18.4 Å². The number of pyridine rings is 1. The summed E-state index contributed by atoms with van der Waals surface area (Å²) in [5.41, 5.74) is 1.20. The first-order chi connectivity index (χ1) is 8.27. The fourth-order valence-corrected chi connectivity index (χ4v) is 1.95. The zero-order chi connectivity index (χ0) is 12.1. The Morgan fingerprint density at radius 3 is 3.12 bits per heavy atom. The van der Waals surface area contributed by atoms with Crippen LogP contribution in [0.4, 0.5) is 5.82 Å². The average molecular weight is 299 g/mol. The molecule has 2 rings (SSSR count). The van der Waals surface area contributed by atoms with Crippen LogP contribution in [0.1, 0.15) is 24.8 Å². The molecule has 1 fully saturated rings. The van der Waals surface area contributed by atoms with E-state index in [0.717, 1.165) is 42.4 Å². The summed E-state index contributed by atoms with van der Waals surface area (Å²) in [4.78, 5) is 4.30. The SMILES string of the molecule is Cc1ccnc(NCCCOCC2CC2)c1Br. The van der Waals surface area contributed by atoms with Crippen molar-refractivity contribution in [2.75, 3.05) is 25.1 Å². The topological polar surface area (TPSA) is 34.2 Å². The second-order valence-corrected chi connectivity index (χ2v) is 5.38. The average Bonchev–Trinajstić information content (AvgIpc) is 3.12. The first-order valence-corrected chi connectivity index (χ1v) is 6.99. The van der Waals surface area contributed by atoms with Crippen molar-refractivity contribution >= 4 is 21.7 Å². The van der Waals surface area contributed by atoms with Crippen LogP contribution in [0.3, 0.4) is 0 Å². The van der Waals surface area contributed by atoms with Gasteiger partial charge in [-0.3, -0.25) is 0 Å². The summed E-state index contributed by atoms with van der Waals surface area (Å²) in [6.45, 7) is 4.76. The predicted octanol–water partition coefficient (Wildman–Crippen LogP) is 3.38. The van der Waals surface area contributed by atoms with Crippen LogP contribution in [0, 0.1) is 12.8 Å². The molecular weight excluding hydrogens is 280 g/mol. The molecule has 0 atom stereocenters. The van der Waals surface area contributed by atoms with Crippen LogP contribution in [-0.4, -0.2) is 24.7 Å². The molecule has 0 spiro atoms. The van der Waals surface area contributed by atoms with Crippen LogP contribution in [-0.2, 0) is 4.74 Å². The molecule has 1 N–H and O–H groups in total. The minimum absolute atomic E-state index is 0.840. The van der Waals surface area contributed by atoms with Gasteiger partial charge in [0.05, 0.1) is 4.47 Å². The summed E-state index contributed by atoms with van der Waals surface area (Å²) >= 11 is 3.53. The zero-order valence-corrected chi connectivity index (χ0v) is 11.8. The largest absolute Gasteiger partial charge is 0.381 e. The van der Waals surface area contributed by atoms with Crippen LogP contribution < -0.4 is 5.32 Å². The van der Waals surface area contributed by atoms with Crippen molar-refractivity contribution in [3.05, 3.63) is 22.3 Å². The van der Waals surface area contributed by atoms with E-state index in [9.17, 15) is 0 Å². The molecule has 1 saturated carbocycles. The minimum atomic E-state index is 0.840. The van der Waals surface area contributed by atoms with E-state index in [0.29, 0.717) is 0 Å². The number of hydrogen-bond donors (Lipinski definition) is 1. The number of nitrogens with zero attached hydrogens (tertiary/aromatic N) is 1. The molecule has 0 radical (unpaired) electrons. The van der Waals surface area contributed by atoms with Crippen molar-refractivity contribution in [3.63, 3.8) is 0 Å². The number of ether oxygens (including phenoxy) is 1. The molecule has 4 heteroatoms. The molecule has 3 nitrogen and oxygen atoms in total. The Balaban J connectivity index is 1.61. The summed E-state index contributed by atoms with van der Waals surface area (Å²) < 4.78 is 6.63. The van der Waals surface area contributed by atoms with E-state index >= 15 is 0 Å². The highest BCUT2D eigenvalue weighted by Gasteiger charge is 2.20. The molecule has 1 aliphatic carbocycles. The Labute approximate surface area is 111 Å². The number of halogens is 1. The molecule has 1 aromatic rings. The third kappa shape index (κ3) is 4.28. The van der Waals surface area contributed by atoms with Crippen molar-refractivity contribution in [1.82, 2.24) is 4.98 Å². The van der Waals surface area contributed by atoms with Gasteiger partial charge in [-0.25, -0.2) is 4.98 Å². The van der Waals surface area contributed by atoms with Gasteiger partial charge in [-0.05, 0) is 59.7 Å². The lowest BCUT2D eigenvalue weighted by Crippen LogP contribution is -2.08. The molecule has 0 aliphatic heterocycles. The van der Waals surface area contributed by atoms with Gasteiger partial charge in [0.1, 0.15) is 5.82 Å². The maximum absolute atomic E-state index is 5.58. The molecule has 0 saturated heterocycles. The van der Waals surface area contributed by atoms with E-state index in [4.69, 9.17) is 4.74 Å². The van der Waals surface area contributed by atoms with Gasteiger partial charge in [0, 0.05) is 26.0 Å². The minimum Gasteiger partial charge on any atom is -0.381 e. The Hall–Kier alpha value is -0.610. The van der Waals surface area contributed by atoms with Crippen LogP contribution in [0.25, 0.3) is 0 Å². The standard InChI is InChI=1S/C13H19BrN2O/c1-10-5-7-16-13(12(10)14)15-6-2-8-17-9-11-3-4-11/h5,7,11H,2-4,6,8-9H2,1H3,(H,15,16). The van der Waals surface area contributed by atoms with Gasteiger partial charge in [-0.15, -0.1) is 0 Å². The van der Waals surface area contributed by atoms with Gasteiger partial charge in [0.25, 0.3) is 0 Å². The van der Waals surface area contributed by atoms with Crippen LogP contribution in [0.15, 0.2) is 16.7 Å². The monoisotopic (exact) mass is 298 g/mol. The van der Waals surface area contributed by atoms with E-state index in [1.54, 1.807) is 0 Å². The predicted molar refractivity (Wildman–Crippen MR) is 73.3 cm³/mol. The Morgan fingerprint density at radius 2 is 2.35 bits per heavy atom. The van der Waals surface area contributed by atoms with E-state index < -0.39 is 0 Å². The fourth-order valence-electron chi connectivity index (χ4n) is 1.58. The molecular formula is C13H19BrN2O. The van der Waals surface area contributed by atoms with Crippen molar-refractivity contribution in [1.29, 1.82) is 0 Å². The molecule has 94 valence electrons. The maximum atomic E-state index is 5.58. The van der Waals surface area contributed by atoms with Crippen LogP contribution in [0.2, 0.25) is 0 Å². The zero-order valence-electron chi connectivity index (χ0n) is 10.2. The van der Waals surface area contributed by atoms with E-state index in [2.05, 4.69) is 33.2 Å². The maximum Gasteiger partial charge on any atom is 0.140 e. The van der Waals surface area contributed by atoms with Gasteiger partial charge in [-0.2, -0.15) is 0 Å². The van der Waals surface area contributed by atoms with Crippen LogP contribution in [0.5, 0.6) is 0 Å². The lowest BCUT2D eigenvalue weighted by atomic mass is 10.3. The molecule has 1 aromatic heterocycles. The lowest BCUT2D eigenvalue weighted by Gasteiger charge is -2.09. The summed E-state index contributed by atoms with van der Waals surface area (Å²) in [5.74, 6) is 1.78. The van der Waals surface area contributed by atoms with Gasteiger partial charge in [-0.1, -0.05) is 0 Å². The molecule has 0 bridgehead atoms. The third-order valence-electron chi connectivity index (χ3n) is 2.89. The molecule has 1 heterocycles. The summed E-state index contributed by atoms with van der Waals surface area (Å²) in [6, 6.07) is 1.99. The molecule has 0 amide bonds. The quantitative estimate of drug-likeness (QED) is 0.784. The van der Waals surface area contributed by atoms with Crippen molar-refractivity contribution in [2.24, 2.45) is 5.92 Å². The van der Waals surface area contributed by atoms with Gasteiger partial charge in [0.15, 0.2) is 0 Å². The highest BCUT2D eigenvalue weighted by atomic mass is 79.9. The smallest absolute Gasteiger partial charge is 0.140 e. The molecule has 17 heavy (non-hydrogen) atoms. The summed E-state index contributed by atoms with van der Waals surface area (Å²) in [7, 11) is 0. The number of aryl methyl sites for hydroxylation is 1. The number of nitrogens with one attached hydrogen (secondary N) is 1. The first-order valence-electron chi connectivity index (χ1n) is 6.20. The third-order valence-corrected chi connectivity index (χ3v) is 3.89. The highest BCUT2D eigenvalue weighted by molar-refractivity contribution is 9.10. The summed E-state index contributed by atoms with van der Waals surface area (Å²) in [6.07, 6.45) is 5.57. The first kappa shape index (κ1) is 12.8. The van der Waals surface area contributed by atoms with Gasteiger partial charge in [0.2, 0.25) is 0 Å². The lowest BCUT2D eigenvalue weighted by molar-refractivity contribution is 0.124. The molecule has 0 unspecified atom stereocenters. The Kier molecular flexibility index (Phi) is 4.80. The second-order valence-electron chi connectivity index (χ2n) is 4.59. The molecule has 1 aliphatic rings. The Bertz CT molecular complexity index is 366. The second kappa shape index (κ2) is 6.36. The van der Waals surface area contributed by atoms with Crippen molar-refractivity contribution in [2.45, 2.75) is 26.2 Å². The normalized spacial score (nSPS) is 14.9. The molecule has 0 aromatic carbocycles. The van der Waals surface area contributed by atoms with Crippen LogP contribution >= 0.6 is 15.9 Å². The van der Waals surface area contributed by atoms with Gasteiger partial charge < -0.3 is 10.1 Å². The van der Waals surface area contributed by atoms with E-state index in [-0.39, 0.29) is 0 Å². The number of anilines is 1. The highest BCUT2D eigenvalue weighted by Crippen LogP contribution is 2.28. The number of hydrogen-bond acceptors (Lipinski definition) is 3.